The number of benzene rings is 1. The van der Waals surface area contributed by atoms with E-state index in [0.717, 1.165) is 5.56 Å². The highest BCUT2D eigenvalue weighted by Gasteiger charge is 2.29. The molecule has 9 nitrogen and oxygen atoms in total. The molecule has 0 atom stereocenters. The van der Waals surface area contributed by atoms with Crippen molar-refractivity contribution in [1.82, 2.24) is 14.8 Å². The van der Waals surface area contributed by atoms with Crippen LogP contribution in [0.4, 0.5) is 11.7 Å². The largest absolute Gasteiger partial charge is 0.459 e. The number of aryl methyl sites for hydroxylation is 1. The Labute approximate surface area is 196 Å². The van der Waals surface area contributed by atoms with Crippen LogP contribution in [0, 0.1) is 24.2 Å². The van der Waals surface area contributed by atoms with Crippen molar-refractivity contribution in [3.63, 3.8) is 0 Å². The van der Waals surface area contributed by atoms with E-state index in [1.807, 2.05) is 11.0 Å². The van der Waals surface area contributed by atoms with Gasteiger partial charge in [-0.2, -0.15) is 15.3 Å². The van der Waals surface area contributed by atoms with Crippen LogP contribution in [0.2, 0.25) is 0 Å². The van der Waals surface area contributed by atoms with E-state index in [0.29, 0.717) is 49.9 Å². The first kappa shape index (κ1) is 21.5. The molecule has 4 heterocycles. The maximum absolute atomic E-state index is 13.0. The first-order chi connectivity index (χ1) is 16.6. The molecule has 0 bridgehead atoms. The Morgan fingerprint density at radius 2 is 2.00 bits per heavy atom. The lowest BCUT2D eigenvalue weighted by Crippen LogP contribution is -2.38. The first-order valence-corrected chi connectivity index (χ1v) is 11.2. The number of carbonyl (C=O) groups is 1. The smallest absolute Gasteiger partial charge is 0.266 e. The molecule has 1 fully saturated rings. The number of furan rings is 1. The quantitative estimate of drug-likeness (QED) is 0.462. The van der Waals surface area contributed by atoms with Crippen molar-refractivity contribution in [2.45, 2.75) is 26.3 Å². The molecule has 172 valence electrons. The predicted octanol–water partition coefficient (Wildman–Crippen LogP) is 4.21. The molecule has 1 saturated heterocycles. The second-order valence-electron chi connectivity index (χ2n) is 8.37. The molecular formula is C25H24N6O3. The van der Waals surface area contributed by atoms with E-state index in [-0.39, 0.29) is 23.4 Å². The highest BCUT2D eigenvalue weighted by atomic mass is 16.4. The van der Waals surface area contributed by atoms with Crippen LogP contribution >= 0.6 is 0 Å². The molecular weight excluding hydrogens is 432 g/mol. The average Bonchev–Trinajstić information content (AvgIpc) is 3.62. The van der Waals surface area contributed by atoms with E-state index in [9.17, 15) is 10.1 Å². The van der Waals surface area contributed by atoms with Crippen LogP contribution in [0.15, 0.2) is 63.8 Å². The number of oxazole rings is 1. The number of anilines is 2. The monoisotopic (exact) mass is 456 g/mol. The number of nitrogens with zero attached hydrogens (tertiary/aromatic N) is 5. The fourth-order valence-electron chi connectivity index (χ4n) is 4.11. The minimum atomic E-state index is -0.142. The van der Waals surface area contributed by atoms with Crippen molar-refractivity contribution >= 4 is 17.6 Å². The van der Waals surface area contributed by atoms with Crippen LogP contribution < -0.4 is 10.2 Å². The van der Waals surface area contributed by atoms with Gasteiger partial charge in [0, 0.05) is 25.1 Å². The first-order valence-electron chi connectivity index (χ1n) is 11.2. The van der Waals surface area contributed by atoms with Crippen molar-refractivity contribution in [3.8, 4) is 17.7 Å². The number of carbonyl (C=O) groups excluding carboxylic acids is 1. The van der Waals surface area contributed by atoms with E-state index in [4.69, 9.17) is 8.83 Å². The summed E-state index contributed by atoms with van der Waals surface area (Å²) in [6, 6.07) is 15.6. The minimum Gasteiger partial charge on any atom is -0.459 e. The molecule has 1 aliphatic rings. The van der Waals surface area contributed by atoms with Crippen LogP contribution in [0.25, 0.3) is 11.7 Å². The van der Waals surface area contributed by atoms with Gasteiger partial charge in [0.2, 0.25) is 17.5 Å². The van der Waals surface area contributed by atoms with E-state index >= 15 is 0 Å². The molecule has 0 spiro atoms. The Balaban J connectivity index is 1.21. The predicted molar refractivity (Wildman–Crippen MR) is 125 cm³/mol. The highest BCUT2D eigenvalue weighted by Crippen LogP contribution is 2.31. The van der Waals surface area contributed by atoms with Crippen molar-refractivity contribution < 1.29 is 13.6 Å². The maximum Gasteiger partial charge on any atom is 0.266 e. The van der Waals surface area contributed by atoms with E-state index in [1.165, 1.54) is 11.8 Å². The summed E-state index contributed by atoms with van der Waals surface area (Å²) in [5.74, 6) is 1.68. The summed E-state index contributed by atoms with van der Waals surface area (Å²) in [5.41, 5.74) is 2.54. The summed E-state index contributed by atoms with van der Waals surface area (Å²) >= 11 is 0. The van der Waals surface area contributed by atoms with Crippen molar-refractivity contribution in [3.05, 3.63) is 71.7 Å². The van der Waals surface area contributed by atoms with Gasteiger partial charge < -0.3 is 19.1 Å². The number of aromatic nitrogens is 3. The van der Waals surface area contributed by atoms with Crippen LogP contribution in [0.3, 0.4) is 0 Å². The second kappa shape index (κ2) is 9.27. The minimum absolute atomic E-state index is 0.0281. The van der Waals surface area contributed by atoms with Crippen molar-refractivity contribution in [1.29, 1.82) is 5.26 Å². The van der Waals surface area contributed by atoms with Gasteiger partial charge in [0.1, 0.15) is 11.9 Å². The number of piperidine rings is 1. The second-order valence-corrected chi connectivity index (χ2v) is 8.37. The number of amides is 1. The van der Waals surface area contributed by atoms with Crippen molar-refractivity contribution in [2.24, 2.45) is 5.92 Å². The van der Waals surface area contributed by atoms with Gasteiger partial charge in [-0.05, 0) is 37.5 Å². The van der Waals surface area contributed by atoms with Gasteiger partial charge in [-0.25, -0.2) is 4.68 Å². The number of hydrogen-bond acceptors (Lipinski definition) is 7. The molecule has 0 saturated carbocycles. The standard InChI is InChI=1S/C25H24N6O3/c1-17-4-6-18(7-5-17)16-31-22(8-11-27-31)29-23(32)19-9-12-30(13-10-19)25-20(15-26)28-24(34-25)21-3-2-14-33-21/h2-8,11,14,19H,9-10,12-13,16H2,1H3,(H,29,32). The number of nitriles is 1. The molecule has 4 aromatic rings. The molecule has 1 aromatic carbocycles. The van der Waals surface area contributed by atoms with Crippen LogP contribution in [-0.2, 0) is 11.3 Å². The Hall–Kier alpha value is -4.32. The highest BCUT2D eigenvalue weighted by molar-refractivity contribution is 5.92. The van der Waals surface area contributed by atoms with Gasteiger partial charge in [-0.3, -0.25) is 4.79 Å². The van der Waals surface area contributed by atoms with Crippen LogP contribution in [-0.4, -0.2) is 33.8 Å². The summed E-state index contributed by atoms with van der Waals surface area (Å²) in [6.07, 6.45) is 4.50. The van der Waals surface area contributed by atoms with Gasteiger partial charge in [-0.15, -0.1) is 0 Å². The fourth-order valence-corrected chi connectivity index (χ4v) is 4.11. The van der Waals surface area contributed by atoms with E-state index in [1.54, 1.807) is 23.0 Å². The van der Waals surface area contributed by atoms with E-state index in [2.05, 4.69) is 52.7 Å². The number of rotatable bonds is 6. The molecule has 5 rings (SSSR count). The zero-order valence-electron chi connectivity index (χ0n) is 18.8. The van der Waals surface area contributed by atoms with Crippen LogP contribution in [0.5, 0.6) is 0 Å². The Morgan fingerprint density at radius 3 is 2.71 bits per heavy atom. The zero-order valence-corrected chi connectivity index (χ0v) is 18.8. The topological polar surface area (TPSA) is 113 Å². The van der Waals surface area contributed by atoms with Gasteiger partial charge in [0.05, 0.1) is 19.0 Å². The third-order valence-corrected chi connectivity index (χ3v) is 6.02. The Bertz CT molecular complexity index is 1310. The van der Waals surface area contributed by atoms with E-state index < -0.39 is 0 Å². The molecule has 1 aliphatic heterocycles. The fraction of sp³-hybridized carbons (Fsp3) is 0.280. The van der Waals surface area contributed by atoms with Gasteiger partial charge in [0.15, 0.2) is 5.76 Å². The molecule has 0 radical (unpaired) electrons. The summed E-state index contributed by atoms with van der Waals surface area (Å²) in [5, 5.41) is 16.9. The Kier molecular flexibility index (Phi) is 5.87. The number of hydrogen-bond donors (Lipinski definition) is 1. The van der Waals surface area contributed by atoms with Gasteiger partial charge in [0.25, 0.3) is 5.89 Å². The third-order valence-electron chi connectivity index (χ3n) is 6.02. The molecule has 3 aromatic heterocycles. The molecule has 0 aliphatic carbocycles. The average molecular weight is 457 g/mol. The molecule has 34 heavy (non-hydrogen) atoms. The normalized spacial score (nSPS) is 14.2. The Morgan fingerprint density at radius 1 is 1.21 bits per heavy atom. The SMILES string of the molecule is Cc1ccc(Cn2nccc2NC(=O)C2CCN(c3oc(-c4ccco4)nc3C#N)CC2)cc1. The van der Waals surface area contributed by atoms with Crippen molar-refractivity contribution in [2.75, 3.05) is 23.3 Å². The zero-order chi connectivity index (χ0) is 23.5. The lowest BCUT2D eigenvalue weighted by atomic mass is 9.96. The summed E-state index contributed by atoms with van der Waals surface area (Å²) < 4.78 is 13.0. The number of nitrogens with one attached hydrogen (secondary N) is 1. The lowest BCUT2D eigenvalue weighted by molar-refractivity contribution is -0.120. The third kappa shape index (κ3) is 4.43. The van der Waals surface area contributed by atoms with Gasteiger partial charge in [-0.1, -0.05) is 29.8 Å². The lowest BCUT2D eigenvalue weighted by Gasteiger charge is -2.30. The molecule has 1 amide bonds. The molecule has 9 heteroatoms. The van der Waals surface area contributed by atoms with Crippen LogP contribution in [0.1, 0.15) is 29.7 Å². The molecule has 0 unspecified atom stereocenters. The maximum atomic E-state index is 13.0. The summed E-state index contributed by atoms with van der Waals surface area (Å²) in [7, 11) is 0. The summed E-state index contributed by atoms with van der Waals surface area (Å²) in [4.78, 5) is 19.2. The summed E-state index contributed by atoms with van der Waals surface area (Å²) in [6.45, 7) is 3.81. The van der Waals surface area contributed by atoms with Gasteiger partial charge >= 0.3 is 0 Å². The molecule has 1 N–H and O–H groups in total.